The molecule has 0 unspecified atom stereocenters. The van der Waals surface area contributed by atoms with Crippen LogP contribution in [0.2, 0.25) is 0 Å². The summed E-state index contributed by atoms with van der Waals surface area (Å²) < 4.78 is 25.6. The summed E-state index contributed by atoms with van der Waals surface area (Å²) in [6.07, 6.45) is 7.81. The Bertz CT molecular complexity index is 1750. The highest BCUT2D eigenvalue weighted by Gasteiger charge is 2.56. The number of fused-ring (bicyclic) bond motifs is 1. The minimum absolute atomic E-state index is 0.0346. The lowest BCUT2D eigenvalue weighted by Crippen LogP contribution is -2.44. The van der Waals surface area contributed by atoms with Gasteiger partial charge in [0, 0.05) is 18.0 Å². The first-order chi connectivity index (χ1) is 20.7. The molecule has 2 aliphatic rings. The van der Waals surface area contributed by atoms with E-state index in [0.29, 0.717) is 40.0 Å². The lowest BCUT2D eigenvalue weighted by Gasteiger charge is -2.37. The Morgan fingerprint density at radius 3 is 2.56 bits per heavy atom. The smallest absolute Gasteiger partial charge is 0.259 e. The van der Waals surface area contributed by atoms with E-state index in [1.54, 1.807) is 33.3 Å². The summed E-state index contributed by atoms with van der Waals surface area (Å²) in [6, 6.07) is 14.2. The summed E-state index contributed by atoms with van der Waals surface area (Å²) in [5.41, 5.74) is 1.97. The van der Waals surface area contributed by atoms with Crippen LogP contribution >= 0.6 is 0 Å². The number of aromatic nitrogens is 4. The number of nitrogens with zero attached hydrogens (tertiary/aromatic N) is 5. The van der Waals surface area contributed by atoms with Crippen LogP contribution in [0.3, 0.4) is 0 Å². The van der Waals surface area contributed by atoms with Crippen molar-refractivity contribution >= 4 is 5.78 Å². The van der Waals surface area contributed by atoms with Gasteiger partial charge < -0.3 is 9.84 Å². The van der Waals surface area contributed by atoms with Crippen LogP contribution in [-0.2, 0) is 17.6 Å². The van der Waals surface area contributed by atoms with Crippen molar-refractivity contribution in [1.29, 1.82) is 5.26 Å². The Kier molecular flexibility index (Phi) is 7.69. The zero-order valence-corrected chi connectivity index (χ0v) is 25.0. The Hall–Kier alpha value is -3.87. The van der Waals surface area contributed by atoms with Crippen LogP contribution < -0.4 is 5.56 Å². The first-order valence-electron chi connectivity index (χ1n) is 15.3. The standard InChI is InChI=1S/C34H38FN5O3/c1-4-7-30-28(18-23-11-10-22(19-29(23)35)27-9-6-5-8-24(27)20-36)31(41)39(32-37-21-38-40(30)32)25-12-14-26(15-13-25)43-34(16-17-34)33(2,3)42/h5-6,8-11,19,21,25-26,42H,4,7,12-18H2,1-3H3/t25-,26-. The summed E-state index contributed by atoms with van der Waals surface area (Å²) in [6.45, 7) is 5.67. The van der Waals surface area contributed by atoms with Crippen molar-refractivity contribution in [1.82, 2.24) is 19.2 Å². The molecule has 2 aliphatic carbocycles. The Balaban J connectivity index is 1.32. The molecule has 0 bridgehead atoms. The number of hydrogen-bond acceptors (Lipinski definition) is 6. The third-order valence-electron chi connectivity index (χ3n) is 9.31. The van der Waals surface area contributed by atoms with Gasteiger partial charge >= 0.3 is 0 Å². The highest BCUT2D eigenvalue weighted by atomic mass is 19.1. The molecule has 0 saturated heterocycles. The van der Waals surface area contributed by atoms with Gasteiger partial charge in [-0.25, -0.2) is 8.91 Å². The van der Waals surface area contributed by atoms with Crippen molar-refractivity contribution < 1.29 is 14.2 Å². The van der Waals surface area contributed by atoms with Crippen LogP contribution in [0, 0.1) is 17.1 Å². The number of aliphatic hydroxyl groups is 1. The molecule has 2 aromatic carbocycles. The van der Waals surface area contributed by atoms with Crippen molar-refractivity contribution in [3.05, 3.63) is 87.3 Å². The van der Waals surface area contributed by atoms with Crippen LogP contribution in [0.15, 0.2) is 53.6 Å². The second-order valence-corrected chi connectivity index (χ2v) is 12.6. The Morgan fingerprint density at radius 1 is 1.16 bits per heavy atom. The van der Waals surface area contributed by atoms with Gasteiger partial charge in [0.25, 0.3) is 5.56 Å². The summed E-state index contributed by atoms with van der Waals surface area (Å²) in [7, 11) is 0. The van der Waals surface area contributed by atoms with E-state index in [0.717, 1.165) is 50.6 Å². The van der Waals surface area contributed by atoms with Crippen LogP contribution in [0.1, 0.15) is 94.1 Å². The summed E-state index contributed by atoms with van der Waals surface area (Å²) in [5.74, 6) is 0.0939. The van der Waals surface area contributed by atoms with E-state index in [1.807, 2.05) is 32.9 Å². The number of benzene rings is 2. The fourth-order valence-electron chi connectivity index (χ4n) is 6.69. The molecule has 2 saturated carbocycles. The average Bonchev–Trinajstić information content (AvgIpc) is 3.64. The molecule has 8 nitrogen and oxygen atoms in total. The fourth-order valence-corrected chi connectivity index (χ4v) is 6.69. The van der Waals surface area contributed by atoms with E-state index in [9.17, 15) is 15.2 Å². The molecule has 0 amide bonds. The maximum atomic E-state index is 15.6. The molecule has 6 rings (SSSR count). The second kappa shape index (κ2) is 11.3. The molecule has 1 N–H and O–H groups in total. The maximum absolute atomic E-state index is 15.6. The number of rotatable bonds is 9. The first kappa shape index (κ1) is 29.2. The summed E-state index contributed by atoms with van der Waals surface area (Å²) in [5, 5.41) is 24.6. The molecule has 0 atom stereocenters. The Morgan fingerprint density at radius 2 is 1.91 bits per heavy atom. The van der Waals surface area contributed by atoms with E-state index in [1.165, 1.54) is 12.4 Å². The zero-order chi connectivity index (χ0) is 30.4. The SMILES string of the molecule is CCCc1c(Cc2ccc(-c3ccccc3C#N)cc2F)c(=O)n([C@H]2CC[C@H](OC3(C(C)(C)O)CC3)CC2)c2ncnn12. The molecular weight excluding hydrogens is 545 g/mol. The molecule has 0 spiro atoms. The van der Waals surface area contributed by atoms with Gasteiger partial charge in [-0.2, -0.15) is 15.3 Å². The molecule has 2 heterocycles. The van der Waals surface area contributed by atoms with Crippen molar-refractivity contribution in [3.8, 4) is 17.2 Å². The number of nitriles is 1. The van der Waals surface area contributed by atoms with E-state index in [2.05, 4.69) is 16.2 Å². The van der Waals surface area contributed by atoms with Crippen molar-refractivity contribution in [2.75, 3.05) is 0 Å². The summed E-state index contributed by atoms with van der Waals surface area (Å²) in [4.78, 5) is 18.8. The predicted molar refractivity (Wildman–Crippen MR) is 161 cm³/mol. The third-order valence-corrected chi connectivity index (χ3v) is 9.31. The second-order valence-electron chi connectivity index (χ2n) is 12.6. The molecular formula is C34H38FN5O3. The molecule has 0 radical (unpaired) electrons. The first-order valence-corrected chi connectivity index (χ1v) is 15.3. The number of halogens is 1. The lowest BCUT2D eigenvalue weighted by molar-refractivity contribution is -0.145. The monoisotopic (exact) mass is 583 g/mol. The molecule has 224 valence electrons. The van der Waals surface area contributed by atoms with Crippen LogP contribution in [0.5, 0.6) is 0 Å². The molecule has 43 heavy (non-hydrogen) atoms. The van der Waals surface area contributed by atoms with Gasteiger partial charge in [0.1, 0.15) is 12.1 Å². The van der Waals surface area contributed by atoms with Crippen molar-refractivity contribution in [2.24, 2.45) is 0 Å². The number of ether oxygens (including phenoxy) is 1. The van der Waals surface area contributed by atoms with Gasteiger partial charge in [0.05, 0.1) is 34.6 Å². The van der Waals surface area contributed by atoms with Gasteiger partial charge in [-0.3, -0.25) is 9.36 Å². The zero-order valence-electron chi connectivity index (χ0n) is 25.0. The highest BCUT2D eigenvalue weighted by molar-refractivity contribution is 5.70. The molecule has 4 aromatic rings. The van der Waals surface area contributed by atoms with E-state index in [-0.39, 0.29) is 24.1 Å². The normalized spacial score (nSPS) is 19.8. The lowest BCUT2D eigenvalue weighted by atomic mass is 9.91. The fraction of sp³-hybridized carbons (Fsp3) is 0.471. The molecule has 2 aromatic heterocycles. The van der Waals surface area contributed by atoms with Crippen molar-refractivity contribution in [3.63, 3.8) is 0 Å². The largest absolute Gasteiger partial charge is 0.387 e. The van der Waals surface area contributed by atoms with E-state index in [4.69, 9.17) is 4.74 Å². The minimum Gasteiger partial charge on any atom is -0.387 e. The number of hydrogen-bond donors (Lipinski definition) is 1. The minimum atomic E-state index is -0.884. The topological polar surface area (TPSA) is 105 Å². The average molecular weight is 584 g/mol. The van der Waals surface area contributed by atoms with Crippen LogP contribution in [0.4, 0.5) is 4.39 Å². The predicted octanol–water partition coefficient (Wildman–Crippen LogP) is 5.92. The molecule has 0 aliphatic heterocycles. The summed E-state index contributed by atoms with van der Waals surface area (Å²) >= 11 is 0. The van der Waals surface area contributed by atoms with Crippen LogP contribution in [0.25, 0.3) is 16.9 Å². The van der Waals surface area contributed by atoms with Crippen LogP contribution in [-0.4, -0.2) is 41.6 Å². The van der Waals surface area contributed by atoms with Gasteiger partial charge in [0.2, 0.25) is 5.78 Å². The van der Waals surface area contributed by atoms with Gasteiger partial charge in [-0.15, -0.1) is 0 Å². The van der Waals surface area contributed by atoms with Gasteiger partial charge in [-0.05, 0) is 87.6 Å². The number of aryl methyl sites for hydroxylation is 1. The van der Waals surface area contributed by atoms with Gasteiger partial charge in [0.15, 0.2) is 0 Å². The van der Waals surface area contributed by atoms with Crippen molar-refractivity contribution in [2.45, 2.75) is 102 Å². The highest BCUT2D eigenvalue weighted by Crippen LogP contribution is 2.50. The van der Waals surface area contributed by atoms with E-state index >= 15 is 4.39 Å². The van der Waals surface area contributed by atoms with E-state index < -0.39 is 17.0 Å². The quantitative estimate of drug-likeness (QED) is 0.262. The maximum Gasteiger partial charge on any atom is 0.259 e. The third kappa shape index (κ3) is 5.39. The molecule has 2 fully saturated rings. The Labute approximate surface area is 250 Å². The van der Waals surface area contributed by atoms with Gasteiger partial charge in [-0.1, -0.05) is 43.7 Å². The molecule has 9 heteroatoms.